The van der Waals surface area contributed by atoms with Crippen LogP contribution >= 0.6 is 22.6 Å². The standard InChI is InChI=1S/C14H7FINO2/c15-12-5-2-10(3-6-12)1-4-11-9-13(17(18)19)7-8-14(11)16/h2-3,5-9H. The molecule has 0 aromatic heterocycles. The van der Waals surface area contributed by atoms with Gasteiger partial charge in [0.2, 0.25) is 0 Å². The molecule has 0 radical (unpaired) electrons. The number of hydrogen-bond acceptors (Lipinski definition) is 2. The van der Waals surface area contributed by atoms with Gasteiger partial charge < -0.3 is 0 Å². The Morgan fingerprint density at radius 1 is 1.11 bits per heavy atom. The van der Waals surface area contributed by atoms with Gasteiger partial charge in [0.15, 0.2) is 0 Å². The van der Waals surface area contributed by atoms with Crippen LogP contribution in [0.5, 0.6) is 0 Å². The average molecular weight is 367 g/mol. The number of benzene rings is 2. The normalized spacial score (nSPS) is 9.58. The monoisotopic (exact) mass is 367 g/mol. The quantitative estimate of drug-likeness (QED) is 0.334. The maximum atomic E-state index is 12.7. The number of nitrogens with zero attached hydrogens (tertiary/aromatic N) is 1. The number of nitro groups is 1. The zero-order valence-corrected chi connectivity index (χ0v) is 11.7. The van der Waals surface area contributed by atoms with Crippen LogP contribution in [0, 0.1) is 31.3 Å². The van der Waals surface area contributed by atoms with E-state index in [2.05, 4.69) is 34.4 Å². The first-order valence-corrected chi connectivity index (χ1v) is 6.35. The maximum absolute atomic E-state index is 12.7. The van der Waals surface area contributed by atoms with Crippen LogP contribution < -0.4 is 0 Å². The Kier molecular flexibility index (Phi) is 4.12. The second-order valence-electron chi connectivity index (χ2n) is 3.68. The van der Waals surface area contributed by atoms with Crippen LogP contribution in [0.25, 0.3) is 0 Å². The predicted octanol–water partition coefficient (Wildman–Crippen LogP) is 3.74. The van der Waals surface area contributed by atoms with Crippen molar-refractivity contribution < 1.29 is 9.31 Å². The molecule has 0 atom stereocenters. The Labute approximate surface area is 122 Å². The maximum Gasteiger partial charge on any atom is 0.270 e. The van der Waals surface area contributed by atoms with Crippen LogP contribution in [0.4, 0.5) is 10.1 Å². The van der Waals surface area contributed by atoms with E-state index in [9.17, 15) is 14.5 Å². The molecule has 5 heteroatoms. The molecule has 19 heavy (non-hydrogen) atoms. The second-order valence-corrected chi connectivity index (χ2v) is 4.84. The summed E-state index contributed by atoms with van der Waals surface area (Å²) in [4.78, 5) is 10.2. The minimum absolute atomic E-state index is 0.00354. The highest BCUT2D eigenvalue weighted by Crippen LogP contribution is 2.18. The fourth-order valence-corrected chi connectivity index (χ4v) is 1.87. The van der Waals surface area contributed by atoms with Crippen molar-refractivity contribution in [3.63, 3.8) is 0 Å². The van der Waals surface area contributed by atoms with E-state index < -0.39 is 4.92 Å². The molecule has 0 amide bonds. The summed E-state index contributed by atoms with van der Waals surface area (Å²) in [6, 6.07) is 10.3. The van der Waals surface area contributed by atoms with Crippen LogP contribution in [0.3, 0.4) is 0 Å². The summed E-state index contributed by atoms with van der Waals surface area (Å²) in [7, 11) is 0. The zero-order valence-electron chi connectivity index (χ0n) is 9.56. The molecule has 3 nitrogen and oxygen atoms in total. The fourth-order valence-electron chi connectivity index (χ4n) is 1.40. The molecule has 0 unspecified atom stereocenters. The minimum Gasteiger partial charge on any atom is -0.258 e. The van der Waals surface area contributed by atoms with Gasteiger partial charge in [-0.2, -0.15) is 0 Å². The van der Waals surface area contributed by atoms with Crippen molar-refractivity contribution in [2.75, 3.05) is 0 Å². The molecule has 0 bridgehead atoms. The molecule has 2 aromatic carbocycles. The first kappa shape index (κ1) is 13.5. The highest BCUT2D eigenvalue weighted by molar-refractivity contribution is 14.1. The lowest BCUT2D eigenvalue weighted by atomic mass is 10.1. The van der Waals surface area contributed by atoms with E-state index in [1.165, 1.54) is 24.3 Å². The number of nitro benzene ring substituents is 1. The molecule has 2 aromatic rings. The second kappa shape index (κ2) is 5.80. The zero-order chi connectivity index (χ0) is 13.8. The minimum atomic E-state index is -0.459. The summed E-state index contributed by atoms with van der Waals surface area (Å²) in [5, 5.41) is 10.7. The molecule has 2 rings (SSSR count). The van der Waals surface area contributed by atoms with E-state index in [-0.39, 0.29) is 11.5 Å². The molecule has 0 saturated heterocycles. The SMILES string of the molecule is O=[N+]([O-])c1ccc(I)c(C#Cc2ccc(F)cc2)c1. The Balaban J connectivity index is 2.36. The highest BCUT2D eigenvalue weighted by Gasteiger charge is 2.07. The Morgan fingerprint density at radius 3 is 2.42 bits per heavy atom. The summed E-state index contributed by atoms with van der Waals surface area (Å²) in [5.74, 6) is 5.39. The van der Waals surface area contributed by atoms with Crippen molar-refractivity contribution >= 4 is 28.3 Å². The molecule has 0 heterocycles. The topological polar surface area (TPSA) is 43.1 Å². The van der Waals surface area contributed by atoms with Gasteiger partial charge in [0.25, 0.3) is 5.69 Å². The van der Waals surface area contributed by atoms with Crippen LogP contribution in [-0.4, -0.2) is 4.92 Å². The van der Waals surface area contributed by atoms with Crippen molar-refractivity contribution in [1.82, 2.24) is 0 Å². The lowest BCUT2D eigenvalue weighted by Crippen LogP contribution is -1.90. The van der Waals surface area contributed by atoms with E-state index in [0.717, 1.165) is 3.57 Å². The molecular formula is C14H7FINO2. The molecule has 0 saturated carbocycles. The smallest absolute Gasteiger partial charge is 0.258 e. The van der Waals surface area contributed by atoms with Gasteiger partial charge in [0.1, 0.15) is 5.82 Å². The summed E-state index contributed by atoms with van der Waals surface area (Å²) in [6.07, 6.45) is 0. The van der Waals surface area contributed by atoms with Crippen LogP contribution in [0.1, 0.15) is 11.1 Å². The Bertz CT molecular complexity index is 687. The summed E-state index contributed by atoms with van der Waals surface area (Å²) >= 11 is 2.06. The third-order valence-corrected chi connectivity index (χ3v) is 3.29. The molecule has 0 aliphatic rings. The molecule has 0 aliphatic heterocycles. The van der Waals surface area contributed by atoms with Gasteiger partial charge in [-0.1, -0.05) is 11.8 Å². The van der Waals surface area contributed by atoms with Crippen molar-refractivity contribution in [1.29, 1.82) is 0 Å². The third-order valence-electron chi connectivity index (χ3n) is 2.35. The van der Waals surface area contributed by atoms with Crippen molar-refractivity contribution in [2.24, 2.45) is 0 Å². The van der Waals surface area contributed by atoms with Gasteiger partial charge in [0.05, 0.1) is 4.92 Å². The highest BCUT2D eigenvalue weighted by atomic mass is 127. The lowest BCUT2D eigenvalue weighted by Gasteiger charge is -1.96. The first-order chi connectivity index (χ1) is 9.06. The van der Waals surface area contributed by atoms with E-state index in [0.29, 0.717) is 11.1 Å². The first-order valence-electron chi connectivity index (χ1n) is 5.28. The summed E-state index contributed by atoms with van der Waals surface area (Å²) < 4.78 is 13.6. The lowest BCUT2D eigenvalue weighted by molar-refractivity contribution is -0.384. The van der Waals surface area contributed by atoms with Crippen LogP contribution in [0.15, 0.2) is 42.5 Å². The van der Waals surface area contributed by atoms with Crippen LogP contribution in [0.2, 0.25) is 0 Å². The number of hydrogen-bond donors (Lipinski definition) is 0. The number of non-ortho nitro benzene ring substituents is 1. The molecule has 94 valence electrons. The number of rotatable bonds is 1. The molecule has 0 N–H and O–H groups in total. The Morgan fingerprint density at radius 2 is 1.79 bits per heavy atom. The van der Waals surface area contributed by atoms with Gasteiger partial charge in [-0.05, 0) is 52.9 Å². The van der Waals surface area contributed by atoms with Crippen molar-refractivity contribution in [3.8, 4) is 11.8 Å². The largest absolute Gasteiger partial charge is 0.270 e. The van der Waals surface area contributed by atoms with Crippen molar-refractivity contribution in [2.45, 2.75) is 0 Å². The van der Waals surface area contributed by atoms with Gasteiger partial charge >= 0.3 is 0 Å². The van der Waals surface area contributed by atoms with E-state index >= 15 is 0 Å². The van der Waals surface area contributed by atoms with E-state index in [1.807, 2.05) is 0 Å². The molecule has 0 fully saturated rings. The molecular weight excluding hydrogens is 360 g/mol. The van der Waals surface area contributed by atoms with Gasteiger partial charge in [-0.15, -0.1) is 0 Å². The van der Waals surface area contributed by atoms with E-state index in [1.54, 1.807) is 18.2 Å². The van der Waals surface area contributed by atoms with Crippen LogP contribution in [-0.2, 0) is 0 Å². The van der Waals surface area contributed by atoms with Gasteiger partial charge in [0, 0.05) is 26.8 Å². The van der Waals surface area contributed by atoms with Crippen molar-refractivity contribution in [3.05, 3.63) is 73.1 Å². The van der Waals surface area contributed by atoms with Gasteiger partial charge in [-0.25, -0.2) is 4.39 Å². The fraction of sp³-hybridized carbons (Fsp3) is 0. The summed E-state index contributed by atoms with van der Waals surface area (Å²) in [6.45, 7) is 0. The third kappa shape index (κ3) is 3.51. The average Bonchev–Trinajstić information content (AvgIpc) is 2.39. The molecule has 0 spiro atoms. The molecule has 0 aliphatic carbocycles. The van der Waals surface area contributed by atoms with Gasteiger partial charge in [-0.3, -0.25) is 10.1 Å². The number of halogens is 2. The Hall–Kier alpha value is -1.94. The summed E-state index contributed by atoms with van der Waals surface area (Å²) in [5.41, 5.74) is 1.24. The van der Waals surface area contributed by atoms with E-state index in [4.69, 9.17) is 0 Å². The predicted molar refractivity (Wildman–Crippen MR) is 78.2 cm³/mol.